The summed E-state index contributed by atoms with van der Waals surface area (Å²) in [6.07, 6.45) is 0.879. The fraction of sp³-hybridized carbons (Fsp3) is 0.286. The zero-order valence-electron chi connectivity index (χ0n) is 10.8. The van der Waals surface area contributed by atoms with Crippen LogP contribution in [0.1, 0.15) is 23.9 Å². The highest BCUT2D eigenvalue weighted by molar-refractivity contribution is 5.89. The van der Waals surface area contributed by atoms with Crippen molar-refractivity contribution in [3.05, 3.63) is 40.2 Å². The number of hydrogen-bond donors (Lipinski definition) is 0. The second kappa shape index (κ2) is 5.56. The third-order valence-corrected chi connectivity index (χ3v) is 2.56. The summed E-state index contributed by atoms with van der Waals surface area (Å²) in [5.74, 6) is -0.203. The Morgan fingerprint density at radius 3 is 2.79 bits per heavy atom. The minimum atomic E-state index is -0.682. The number of rotatable bonds is 4. The molecule has 19 heavy (non-hydrogen) atoms. The van der Waals surface area contributed by atoms with Gasteiger partial charge >= 0.3 is 5.97 Å². The predicted octanol–water partition coefficient (Wildman–Crippen LogP) is 2.37. The number of carbonyl (C=O) groups excluding carboxylic acids is 1. The molecule has 0 saturated heterocycles. The van der Waals surface area contributed by atoms with Gasteiger partial charge in [-0.05, 0) is 18.6 Å². The van der Waals surface area contributed by atoms with Crippen molar-refractivity contribution < 1.29 is 18.7 Å². The zero-order valence-corrected chi connectivity index (χ0v) is 10.8. The van der Waals surface area contributed by atoms with Crippen LogP contribution in [0.3, 0.4) is 0 Å². The lowest BCUT2D eigenvalue weighted by Gasteiger charge is -2.06. The molecule has 2 rings (SSSR count). The van der Waals surface area contributed by atoms with Crippen LogP contribution in [0.4, 0.5) is 0 Å². The average Bonchev–Trinajstić information content (AvgIpc) is 2.43. The van der Waals surface area contributed by atoms with Gasteiger partial charge in [0.2, 0.25) is 5.76 Å². The zero-order chi connectivity index (χ0) is 13.8. The fourth-order valence-electron chi connectivity index (χ4n) is 1.65. The summed E-state index contributed by atoms with van der Waals surface area (Å²) in [5.41, 5.74) is 0.0187. The summed E-state index contributed by atoms with van der Waals surface area (Å²) in [6, 6.07) is 6.04. The largest absolute Gasteiger partial charge is 0.493 e. The Bertz CT molecular complexity index is 656. The van der Waals surface area contributed by atoms with Gasteiger partial charge in [0, 0.05) is 12.1 Å². The van der Waals surface area contributed by atoms with Gasteiger partial charge in [-0.25, -0.2) is 4.79 Å². The maximum Gasteiger partial charge on any atom is 0.374 e. The molecule has 0 amide bonds. The summed E-state index contributed by atoms with van der Waals surface area (Å²) in [6.45, 7) is 2.57. The average molecular weight is 262 g/mol. The number of esters is 1. The van der Waals surface area contributed by atoms with Crippen molar-refractivity contribution in [3.8, 4) is 5.75 Å². The second-order valence-corrected chi connectivity index (χ2v) is 3.97. The van der Waals surface area contributed by atoms with Gasteiger partial charge in [0.15, 0.2) is 5.43 Å². The molecule has 5 nitrogen and oxygen atoms in total. The maximum absolute atomic E-state index is 11.8. The highest BCUT2D eigenvalue weighted by Gasteiger charge is 2.12. The van der Waals surface area contributed by atoms with Crippen LogP contribution >= 0.6 is 0 Å². The van der Waals surface area contributed by atoms with E-state index in [1.165, 1.54) is 7.11 Å². The lowest BCUT2D eigenvalue weighted by Crippen LogP contribution is -2.08. The summed E-state index contributed by atoms with van der Waals surface area (Å²) >= 11 is 0. The third kappa shape index (κ3) is 2.76. The molecule has 100 valence electrons. The van der Waals surface area contributed by atoms with Gasteiger partial charge in [0.1, 0.15) is 11.3 Å². The lowest BCUT2D eigenvalue weighted by molar-refractivity contribution is 0.0565. The Labute approximate surface area is 109 Å². The van der Waals surface area contributed by atoms with E-state index in [1.807, 2.05) is 6.92 Å². The number of benzene rings is 1. The Kier molecular flexibility index (Phi) is 3.85. The standard InChI is InChI=1S/C14H14O5/c1-3-6-18-9-4-5-10-11(15)8-13(14(16)17-2)19-12(10)7-9/h4-5,7-8H,3,6H2,1-2H3. The molecule has 0 fully saturated rings. The van der Waals surface area contributed by atoms with E-state index in [0.717, 1.165) is 12.5 Å². The number of ether oxygens (including phenoxy) is 2. The summed E-state index contributed by atoms with van der Waals surface area (Å²) in [5, 5.41) is 0.400. The number of hydrogen-bond acceptors (Lipinski definition) is 5. The molecule has 1 aromatic carbocycles. The first-order valence-electron chi connectivity index (χ1n) is 5.94. The van der Waals surface area contributed by atoms with E-state index in [9.17, 15) is 9.59 Å². The van der Waals surface area contributed by atoms with Crippen LogP contribution in [0.25, 0.3) is 11.0 Å². The molecule has 0 atom stereocenters. The van der Waals surface area contributed by atoms with Crippen molar-refractivity contribution in [2.24, 2.45) is 0 Å². The molecule has 0 spiro atoms. The maximum atomic E-state index is 11.8. The van der Waals surface area contributed by atoms with Crippen LogP contribution in [-0.4, -0.2) is 19.7 Å². The van der Waals surface area contributed by atoms with E-state index in [-0.39, 0.29) is 11.2 Å². The van der Waals surface area contributed by atoms with E-state index >= 15 is 0 Å². The minimum Gasteiger partial charge on any atom is -0.493 e. The minimum absolute atomic E-state index is 0.118. The highest BCUT2D eigenvalue weighted by Crippen LogP contribution is 2.20. The number of carbonyl (C=O) groups is 1. The van der Waals surface area contributed by atoms with Gasteiger partial charge in [-0.1, -0.05) is 6.92 Å². The normalized spacial score (nSPS) is 10.4. The third-order valence-electron chi connectivity index (χ3n) is 2.56. The van der Waals surface area contributed by atoms with Crippen LogP contribution in [0, 0.1) is 0 Å². The molecule has 0 saturated carbocycles. The molecule has 1 aromatic heterocycles. The van der Waals surface area contributed by atoms with Crippen molar-refractivity contribution in [3.63, 3.8) is 0 Å². The Balaban J connectivity index is 2.50. The van der Waals surface area contributed by atoms with Crippen LogP contribution < -0.4 is 10.2 Å². The molecule has 0 aliphatic rings. The van der Waals surface area contributed by atoms with Gasteiger partial charge in [-0.15, -0.1) is 0 Å². The van der Waals surface area contributed by atoms with Crippen molar-refractivity contribution in [2.75, 3.05) is 13.7 Å². The molecule has 0 N–H and O–H groups in total. The number of fused-ring (bicyclic) bond motifs is 1. The van der Waals surface area contributed by atoms with E-state index in [2.05, 4.69) is 4.74 Å². The van der Waals surface area contributed by atoms with Crippen LogP contribution in [0.15, 0.2) is 33.5 Å². The second-order valence-electron chi connectivity index (χ2n) is 3.97. The summed E-state index contributed by atoms with van der Waals surface area (Å²) < 4.78 is 15.3. The lowest BCUT2D eigenvalue weighted by atomic mass is 10.2. The SMILES string of the molecule is CCCOc1ccc2c(=O)cc(C(=O)OC)oc2c1. The molecule has 2 aromatic rings. The molecular weight excluding hydrogens is 248 g/mol. The van der Waals surface area contributed by atoms with Gasteiger partial charge in [0.05, 0.1) is 19.1 Å². The summed E-state index contributed by atoms with van der Waals surface area (Å²) in [4.78, 5) is 23.2. The molecule has 0 aliphatic carbocycles. The molecule has 0 radical (unpaired) electrons. The Morgan fingerprint density at radius 1 is 1.32 bits per heavy atom. The van der Waals surface area contributed by atoms with E-state index in [4.69, 9.17) is 9.15 Å². The first kappa shape index (κ1) is 13.1. The van der Waals surface area contributed by atoms with Gasteiger partial charge in [-0.3, -0.25) is 4.79 Å². The highest BCUT2D eigenvalue weighted by atomic mass is 16.5. The Hall–Kier alpha value is -2.30. The van der Waals surface area contributed by atoms with Gasteiger partial charge in [0.25, 0.3) is 0 Å². The molecule has 0 bridgehead atoms. The first-order chi connectivity index (χ1) is 9.15. The fourth-order valence-corrected chi connectivity index (χ4v) is 1.65. The van der Waals surface area contributed by atoms with Crippen LogP contribution in [0.2, 0.25) is 0 Å². The van der Waals surface area contributed by atoms with Crippen LogP contribution in [0.5, 0.6) is 5.75 Å². The first-order valence-corrected chi connectivity index (χ1v) is 5.94. The molecule has 0 unspecified atom stereocenters. The van der Waals surface area contributed by atoms with E-state index < -0.39 is 5.97 Å². The summed E-state index contributed by atoms with van der Waals surface area (Å²) in [7, 11) is 1.23. The molecule has 0 aliphatic heterocycles. The van der Waals surface area contributed by atoms with Crippen molar-refractivity contribution >= 4 is 16.9 Å². The van der Waals surface area contributed by atoms with Crippen molar-refractivity contribution in [2.45, 2.75) is 13.3 Å². The van der Waals surface area contributed by atoms with Crippen molar-refractivity contribution in [1.29, 1.82) is 0 Å². The molecular formula is C14H14O5. The topological polar surface area (TPSA) is 65.7 Å². The number of methoxy groups -OCH3 is 1. The van der Waals surface area contributed by atoms with Crippen molar-refractivity contribution in [1.82, 2.24) is 0 Å². The van der Waals surface area contributed by atoms with E-state index in [0.29, 0.717) is 23.3 Å². The smallest absolute Gasteiger partial charge is 0.374 e. The van der Waals surface area contributed by atoms with Gasteiger partial charge < -0.3 is 13.9 Å². The quantitative estimate of drug-likeness (QED) is 0.791. The van der Waals surface area contributed by atoms with Crippen LogP contribution in [-0.2, 0) is 4.74 Å². The molecule has 1 heterocycles. The van der Waals surface area contributed by atoms with Gasteiger partial charge in [-0.2, -0.15) is 0 Å². The monoisotopic (exact) mass is 262 g/mol. The predicted molar refractivity (Wildman–Crippen MR) is 69.6 cm³/mol. The van der Waals surface area contributed by atoms with E-state index in [1.54, 1.807) is 18.2 Å². The Morgan fingerprint density at radius 2 is 2.11 bits per heavy atom. The molecule has 5 heteroatoms.